The quantitative estimate of drug-likeness (QED) is 0.475. The predicted octanol–water partition coefficient (Wildman–Crippen LogP) is 3.60. The monoisotopic (exact) mass is 201 g/mol. The molecule has 1 fully saturated rings. The molecule has 1 rings (SSSR count). The molecule has 0 aromatic carbocycles. The van der Waals surface area contributed by atoms with E-state index in [2.05, 4.69) is 17.9 Å². The van der Waals surface area contributed by atoms with Gasteiger partial charge in [0.25, 0.3) is 0 Å². The molecule has 0 saturated heterocycles. The maximum absolute atomic E-state index is 3.53. The fraction of sp³-hybridized carbons (Fsp3) is 1.00. The van der Waals surface area contributed by atoms with Crippen molar-refractivity contribution in [3.63, 3.8) is 0 Å². The van der Waals surface area contributed by atoms with Gasteiger partial charge in [-0.3, -0.25) is 4.72 Å². The van der Waals surface area contributed by atoms with Crippen LogP contribution in [0.4, 0.5) is 0 Å². The van der Waals surface area contributed by atoms with E-state index in [1.54, 1.807) is 11.9 Å². The van der Waals surface area contributed by atoms with Gasteiger partial charge in [0.05, 0.1) is 0 Å². The second kappa shape index (κ2) is 6.72. The van der Waals surface area contributed by atoms with Gasteiger partial charge in [-0.05, 0) is 25.0 Å². The molecule has 13 heavy (non-hydrogen) atoms. The van der Waals surface area contributed by atoms with Crippen molar-refractivity contribution in [2.45, 2.75) is 57.9 Å². The third kappa shape index (κ3) is 5.58. The smallest absolute Gasteiger partial charge is 0.0174 e. The van der Waals surface area contributed by atoms with E-state index in [9.17, 15) is 0 Å². The summed E-state index contributed by atoms with van der Waals surface area (Å²) in [6.07, 6.45) is 12.1. The van der Waals surface area contributed by atoms with Crippen LogP contribution in [0.2, 0.25) is 0 Å². The van der Waals surface area contributed by atoms with Crippen LogP contribution < -0.4 is 4.72 Å². The van der Waals surface area contributed by atoms with Crippen LogP contribution >= 0.6 is 11.9 Å². The summed E-state index contributed by atoms with van der Waals surface area (Å²) in [7, 11) is 0. The SMILES string of the molecule is CCCCCC(CC1CC1)NSC. The average molecular weight is 201 g/mol. The minimum Gasteiger partial charge on any atom is -0.261 e. The standard InChI is InChI=1S/C11H23NS/c1-3-4-5-6-11(12-13-2)9-10-7-8-10/h10-12H,3-9H2,1-2H3. The molecule has 0 bridgehead atoms. The van der Waals surface area contributed by atoms with Gasteiger partial charge in [-0.15, -0.1) is 0 Å². The van der Waals surface area contributed by atoms with E-state index in [1.807, 2.05) is 0 Å². The van der Waals surface area contributed by atoms with Crippen molar-refractivity contribution in [2.24, 2.45) is 5.92 Å². The molecule has 2 heteroatoms. The fourth-order valence-corrected chi connectivity index (χ4v) is 2.34. The maximum atomic E-state index is 3.53. The molecule has 0 heterocycles. The Balaban J connectivity index is 2.04. The lowest BCUT2D eigenvalue weighted by Gasteiger charge is -2.16. The van der Waals surface area contributed by atoms with E-state index in [4.69, 9.17) is 0 Å². The lowest BCUT2D eigenvalue weighted by Crippen LogP contribution is -2.23. The van der Waals surface area contributed by atoms with Gasteiger partial charge in [-0.1, -0.05) is 51.0 Å². The Morgan fingerprint density at radius 3 is 2.69 bits per heavy atom. The van der Waals surface area contributed by atoms with Crippen LogP contribution in [0, 0.1) is 5.92 Å². The zero-order chi connectivity index (χ0) is 9.52. The first-order valence-electron chi connectivity index (χ1n) is 5.65. The van der Waals surface area contributed by atoms with E-state index >= 15 is 0 Å². The molecular weight excluding hydrogens is 178 g/mol. The lowest BCUT2D eigenvalue weighted by atomic mass is 10.0. The normalized spacial score (nSPS) is 18.9. The van der Waals surface area contributed by atoms with E-state index in [1.165, 1.54) is 44.9 Å². The van der Waals surface area contributed by atoms with Crippen molar-refractivity contribution < 1.29 is 0 Å². The predicted molar refractivity (Wildman–Crippen MR) is 61.9 cm³/mol. The minimum absolute atomic E-state index is 0.786. The summed E-state index contributed by atoms with van der Waals surface area (Å²) in [4.78, 5) is 0. The van der Waals surface area contributed by atoms with Gasteiger partial charge in [-0.25, -0.2) is 0 Å². The fourth-order valence-electron chi connectivity index (χ4n) is 1.79. The van der Waals surface area contributed by atoms with Crippen molar-refractivity contribution >= 4 is 11.9 Å². The second-order valence-electron chi connectivity index (χ2n) is 4.19. The lowest BCUT2D eigenvalue weighted by molar-refractivity contribution is 0.482. The Morgan fingerprint density at radius 2 is 2.15 bits per heavy atom. The molecule has 0 aliphatic heterocycles. The third-order valence-electron chi connectivity index (χ3n) is 2.76. The third-order valence-corrected chi connectivity index (χ3v) is 3.32. The van der Waals surface area contributed by atoms with Gasteiger partial charge in [0, 0.05) is 6.04 Å². The topological polar surface area (TPSA) is 12.0 Å². The van der Waals surface area contributed by atoms with Crippen molar-refractivity contribution in [2.75, 3.05) is 6.26 Å². The first-order chi connectivity index (χ1) is 6.36. The minimum atomic E-state index is 0.786. The van der Waals surface area contributed by atoms with Crippen LogP contribution in [0.3, 0.4) is 0 Å². The number of nitrogens with one attached hydrogen (secondary N) is 1. The molecule has 1 saturated carbocycles. The van der Waals surface area contributed by atoms with Gasteiger partial charge in [0.1, 0.15) is 0 Å². The molecule has 0 amide bonds. The highest BCUT2D eigenvalue weighted by Crippen LogP contribution is 2.34. The molecule has 1 nitrogen and oxygen atoms in total. The van der Waals surface area contributed by atoms with E-state index in [-0.39, 0.29) is 0 Å². The first kappa shape index (κ1) is 11.4. The molecule has 1 aliphatic carbocycles. The van der Waals surface area contributed by atoms with Crippen LogP contribution in [0.1, 0.15) is 51.9 Å². The van der Waals surface area contributed by atoms with Crippen LogP contribution in [0.25, 0.3) is 0 Å². The van der Waals surface area contributed by atoms with Crippen molar-refractivity contribution in [3.05, 3.63) is 0 Å². The largest absolute Gasteiger partial charge is 0.261 e. The van der Waals surface area contributed by atoms with Crippen molar-refractivity contribution in [1.29, 1.82) is 0 Å². The van der Waals surface area contributed by atoms with Crippen molar-refractivity contribution in [1.82, 2.24) is 4.72 Å². The summed E-state index contributed by atoms with van der Waals surface area (Å²) in [5.41, 5.74) is 0. The highest BCUT2D eigenvalue weighted by Gasteiger charge is 2.24. The molecule has 1 N–H and O–H groups in total. The summed E-state index contributed by atoms with van der Waals surface area (Å²) in [6.45, 7) is 2.28. The van der Waals surface area contributed by atoms with Crippen LogP contribution in [0.15, 0.2) is 0 Å². The van der Waals surface area contributed by atoms with Crippen LogP contribution in [0.5, 0.6) is 0 Å². The number of hydrogen-bond donors (Lipinski definition) is 1. The average Bonchev–Trinajstić information content (AvgIpc) is 2.89. The molecule has 0 spiro atoms. The first-order valence-corrected chi connectivity index (χ1v) is 6.87. The van der Waals surface area contributed by atoms with Gasteiger partial charge in [0.15, 0.2) is 0 Å². The Morgan fingerprint density at radius 1 is 1.38 bits per heavy atom. The summed E-state index contributed by atoms with van der Waals surface area (Å²) < 4.78 is 3.53. The second-order valence-corrected chi connectivity index (χ2v) is 4.84. The number of hydrogen-bond acceptors (Lipinski definition) is 2. The Labute approximate surface area is 87.2 Å². The summed E-state index contributed by atoms with van der Waals surface area (Å²) >= 11 is 1.79. The molecular formula is C11H23NS. The molecule has 0 radical (unpaired) electrons. The summed E-state index contributed by atoms with van der Waals surface area (Å²) in [5, 5.41) is 0. The van der Waals surface area contributed by atoms with Gasteiger partial charge in [0.2, 0.25) is 0 Å². The Hall–Kier alpha value is 0.310. The molecule has 0 aromatic rings. The molecule has 0 aromatic heterocycles. The summed E-state index contributed by atoms with van der Waals surface area (Å²) in [5.74, 6) is 1.06. The highest BCUT2D eigenvalue weighted by molar-refractivity contribution is 7.96. The Kier molecular flexibility index (Phi) is 5.88. The zero-order valence-electron chi connectivity index (χ0n) is 9.01. The highest BCUT2D eigenvalue weighted by atomic mass is 32.2. The van der Waals surface area contributed by atoms with Crippen molar-refractivity contribution in [3.8, 4) is 0 Å². The number of rotatable bonds is 8. The molecule has 1 atom stereocenters. The summed E-state index contributed by atoms with van der Waals surface area (Å²) in [6, 6.07) is 0.786. The molecule has 78 valence electrons. The van der Waals surface area contributed by atoms with E-state index < -0.39 is 0 Å². The van der Waals surface area contributed by atoms with Gasteiger partial charge >= 0.3 is 0 Å². The number of unbranched alkanes of at least 4 members (excludes halogenated alkanes) is 2. The molecule has 1 unspecified atom stereocenters. The van der Waals surface area contributed by atoms with E-state index in [0.29, 0.717) is 0 Å². The molecule has 1 aliphatic rings. The van der Waals surface area contributed by atoms with E-state index in [0.717, 1.165) is 12.0 Å². The maximum Gasteiger partial charge on any atom is 0.0174 e. The van der Waals surface area contributed by atoms with Gasteiger partial charge in [-0.2, -0.15) is 0 Å². The Bertz CT molecular complexity index is 123. The van der Waals surface area contributed by atoms with Crippen LogP contribution in [-0.2, 0) is 0 Å². The zero-order valence-corrected chi connectivity index (χ0v) is 9.83. The van der Waals surface area contributed by atoms with Crippen LogP contribution in [-0.4, -0.2) is 12.3 Å². The van der Waals surface area contributed by atoms with Gasteiger partial charge < -0.3 is 0 Å².